The van der Waals surface area contributed by atoms with Crippen molar-refractivity contribution in [3.05, 3.63) is 71.8 Å². The van der Waals surface area contributed by atoms with E-state index in [1.54, 1.807) is 31.4 Å². The van der Waals surface area contributed by atoms with Gasteiger partial charge in [0, 0.05) is 29.9 Å². The lowest BCUT2D eigenvalue weighted by atomic mass is 10.0. The minimum atomic E-state index is -0.478. The molecule has 0 unspecified atom stereocenters. The number of hydrogen-bond donors (Lipinski definition) is 2. The molecule has 1 heterocycles. The summed E-state index contributed by atoms with van der Waals surface area (Å²) in [7, 11) is 1.54. The molecular weight excluding hydrogens is 404 g/mol. The predicted molar refractivity (Wildman–Crippen MR) is 126 cm³/mol. The minimum absolute atomic E-state index is 0.104. The van der Waals surface area contributed by atoms with E-state index in [9.17, 15) is 14.7 Å². The highest BCUT2D eigenvalue weighted by atomic mass is 16.5. The fourth-order valence-corrected chi connectivity index (χ4v) is 4.06. The molecule has 0 aliphatic carbocycles. The Morgan fingerprint density at radius 1 is 1.03 bits per heavy atom. The molecule has 0 atom stereocenters. The number of aldehydes is 1. The summed E-state index contributed by atoms with van der Waals surface area (Å²) in [6.45, 7) is 1.86. The Morgan fingerprint density at radius 3 is 2.47 bits per heavy atom. The van der Waals surface area contributed by atoms with Crippen molar-refractivity contribution in [1.29, 1.82) is 0 Å². The Bertz CT molecular complexity index is 1120. The maximum absolute atomic E-state index is 13.1. The molecule has 2 N–H and O–H groups in total. The first-order chi connectivity index (χ1) is 15.6. The molecule has 3 aromatic carbocycles. The Morgan fingerprint density at radius 2 is 1.78 bits per heavy atom. The van der Waals surface area contributed by atoms with Crippen molar-refractivity contribution in [2.24, 2.45) is 0 Å². The van der Waals surface area contributed by atoms with Crippen LogP contribution in [0.25, 0.3) is 11.1 Å². The van der Waals surface area contributed by atoms with Gasteiger partial charge in [-0.15, -0.1) is 0 Å². The highest BCUT2D eigenvalue weighted by Gasteiger charge is 2.19. The first kappa shape index (κ1) is 21.4. The van der Waals surface area contributed by atoms with Crippen LogP contribution in [0.4, 0.5) is 11.4 Å². The van der Waals surface area contributed by atoms with Crippen molar-refractivity contribution < 1.29 is 19.4 Å². The molecule has 0 saturated carbocycles. The number of nitrogens with one attached hydrogen (secondary N) is 1. The molecule has 1 fully saturated rings. The fraction of sp³-hybridized carbons (Fsp3) is 0.231. The quantitative estimate of drug-likeness (QED) is 0.531. The second kappa shape index (κ2) is 9.56. The van der Waals surface area contributed by atoms with Crippen LogP contribution < -0.4 is 15.0 Å². The van der Waals surface area contributed by atoms with E-state index in [4.69, 9.17) is 4.74 Å². The second-order valence-corrected chi connectivity index (χ2v) is 7.83. The zero-order valence-corrected chi connectivity index (χ0v) is 18.0. The van der Waals surface area contributed by atoms with E-state index >= 15 is 0 Å². The molecule has 32 heavy (non-hydrogen) atoms. The largest absolute Gasteiger partial charge is 0.507 e. The molecule has 1 aliphatic heterocycles. The fourth-order valence-electron chi connectivity index (χ4n) is 4.06. The number of phenols is 1. The SMILES string of the molecule is COc1cc(C=O)c(NC(=O)c2cc(N3CCCCC3)ccc2O)cc1-c1ccccc1. The lowest BCUT2D eigenvalue weighted by molar-refractivity contribution is 0.102. The van der Waals surface area contributed by atoms with Crippen LogP contribution in [0, 0.1) is 0 Å². The maximum atomic E-state index is 13.1. The molecule has 6 nitrogen and oxygen atoms in total. The summed E-state index contributed by atoms with van der Waals surface area (Å²) in [6.07, 6.45) is 4.10. The molecule has 1 saturated heterocycles. The lowest BCUT2D eigenvalue weighted by Crippen LogP contribution is -2.29. The van der Waals surface area contributed by atoms with E-state index in [0.29, 0.717) is 23.3 Å². The van der Waals surface area contributed by atoms with Crippen LogP contribution in [0.15, 0.2) is 60.7 Å². The number of aromatic hydroxyl groups is 1. The molecule has 0 radical (unpaired) electrons. The molecule has 0 bridgehead atoms. The minimum Gasteiger partial charge on any atom is -0.507 e. The van der Waals surface area contributed by atoms with E-state index in [2.05, 4.69) is 10.2 Å². The van der Waals surface area contributed by atoms with E-state index in [0.717, 1.165) is 42.7 Å². The van der Waals surface area contributed by atoms with Gasteiger partial charge in [0.2, 0.25) is 0 Å². The number of phenolic OH excluding ortho intramolecular Hbond substituents is 1. The Kier molecular flexibility index (Phi) is 6.40. The third-order valence-corrected chi connectivity index (χ3v) is 5.78. The second-order valence-electron chi connectivity index (χ2n) is 7.83. The number of rotatable bonds is 6. The summed E-state index contributed by atoms with van der Waals surface area (Å²) in [5.41, 5.74) is 3.37. The summed E-state index contributed by atoms with van der Waals surface area (Å²) < 4.78 is 5.47. The Hall–Kier alpha value is -3.80. The predicted octanol–water partition coefficient (Wildman–Crippen LogP) is 5.12. The van der Waals surface area contributed by atoms with E-state index in [-0.39, 0.29) is 11.3 Å². The van der Waals surface area contributed by atoms with Crippen molar-refractivity contribution in [2.75, 3.05) is 30.4 Å². The van der Waals surface area contributed by atoms with Crippen LogP contribution in [-0.4, -0.2) is 37.5 Å². The first-order valence-electron chi connectivity index (χ1n) is 10.7. The standard InChI is InChI=1S/C26H26N2O4/c1-32-25-14-19(17-29)23(16-21(25)18-8-4-2-5-9-18)27-26(31)22-15-20(10-11-24(22)30)28-12-6-3-7-13-28/h2,4-5,8-11,14-17,30H,3,6-7,12-13H2,1H3,(H,27,31). The van der Waals surface area contributed by atoms with Gasteiger partial charge < -0.3 is 20.1 Å². The topological polar surface area (TPSA) is 78.9 Å². The molecular formula is C26H26N2O4. The zero-order chi connectivity index (χ0) is 22.5. The van der Waals surface area contributed by atoms with Crippen LogP contribution in [0.1, 0.15) is 40.0 Å². The highest BCUT2D eigenvalue weighted by molar-refractivity contribution is 6.09. The third kappa shape index (κ3) is 4.44. The molecule has 6 heteroatoms. The Balaban J connectivity index is 1.68. The van der Waals surface area contributed by atoms with Crippen LogP contribution in [0.5, 0.6) is 11.5 Å². The van der Waals surface area contributed by atoms with Crippen molar-refractivity contribution in [2.45, 2.75) is 19.3 Å². The van der Waals surface area contributed by atoms with E-state index in [1.165, 1.54) is 6.42 Å². The lowest BCUT2D eigenvalue weighted by Gasteiger charge is -2.29. The molecule has 4 rings (SSSR count). The van der Waals surface area contributed by atoms with E-state index < -0.39 is 5.91 Å². The number of anilines is 2. The monoisotopic (exact) mass is 430 g/mol. The zero-order valence-electron chi connectivity index (χ0n) is 18.0. The maximum Gasteiger partial charge on any atom is 0.259 e. The molecule has 0 aromatic heterocycles. The highest BCUT2D eigenvalue weighted by Crippen LogP contribution is 2.35. The van der Waals surface area contributed by atoms with Gasteiger partial charge in [0.15, 0.2) is 6.29 Å². The van der Waals surface area contributed by atoms with E-state index in [1.807, 2.05) is 36.4 Å². The number of methoxy groups -OCH3 is 1. The van der Waals surface area contributed by atoms with Crippen LogP contribution in [0.2, 0.25) is 0 Å². The van der Waals surface area contributed by atoms with Crippen molar-refractivity contribution in [3.63, 3.8) is 0 Å². The molecule has 1 aliphatic rings. The summed E-state index contributed by atoms with van der Waals surface area (Å²) in [5, 5.41) is 13.2. The average Bonchev–Trinajstić information content (AvgIpc) is 2.85. The number of carbonyl (C=O) groups excluding carboxylic acids is 2. The van der Waals surface area contributed by atoms with Gasteiger partial charge in [0.1, 0.15) is 11.5 Å². The summed E-state index contributed by atoms with van der Waals surface area (Å²) in [6, 6.07) is 18.0. The average molecular weight is 431 g/mol. The number of benzene rings is 3. The van der Waals surface area contributed by atoms with Gasteiger partial charge in [-0.3, -0.25) is 9.59 Å². The summed E-state index contributed by atoms with van der Waals surface area (Å²) >= 11 is 0. The van der Waals surface area contributed by atoms with Gasteiger partial charge in [-0.1, -0.05) is 30.3 Å². The van der Waals surface area contributed by atoms with Crippen molar-refractivity contribution in [3.8, 4) is 22.6 Å². The number of piperidine rings is 1. The summed E-state index contributed by atoms with van der Waals surface area (Å²) in [4.78, 5) is 27.0. The van der Waals surface area contributed by atoms with Gasteiger partial charge in [-0.05, 0) is 55.2 Å². The number of nitrogens with zero attached hydrogens (tertiary/aromatic N) is 1. The number of carbonyl (C=O) groups is 2. The molecule has 3 aromatic rings. The van der Waals surface area contributed by atoms with Gasteiger partial charge >= 0.3 is 0 Å². The van der Waals surface area contributed by atoms with Crippen LogP contribution in [0.3, 0.4) is 0 Å². The number of hydrogen-bond acceptors (Lipinski definition) is 5. The van der Waals surface area contributed by atoms with Crippen molar-refractivity contribution >= 4 is 23.6 Å². The first-order valence-corrected chi connectivity index (χ1v) is 10.7. The van der Waals surface area contributed by atoms with Crippen LogP contribution in [-0.2, 0) is 0 Å². The van der Waals surface area contributed by atoms with Crippen LogP contribution >= 0.6 is 0 Å². The molecule has 0 spiro atoms. The van der Waals surface area contributed by atoms with Crippen molar-refractivity contribution in [1.82, 2.24) is 0 Å². The van der Waals surface area contributed by atoms with Gasteiger partial charge in [-0.25, -0.2) is 0 Å². The smallest absolute Gasteiger partial charge is 0.259 e. The Labute approximate surface area is 187 Å². The third-order valence-electron chi connectivity index (χ3n) is 5.78. The molecule has 1 amide bonds. The van der Waals surface area contributed by atoms with Gasteiger partial charge in [0.05, 0.1) is 18.4 Å². The normalized spacial score (nSPS) is 13.5. The summed E-state index contributed by atoms with van der Waals surface area (Å²) in [5.74, 6) is -0.0485. The van der Waals surface area contributed by atoms with Gasteiger partial charge in [-0.2, -0.15) is 0 Å². The van der Waals surface area contributed by atoms with Gasteiger partial charge in [0.25, 0.3) is 5.91 Å². The molecule has 164 valence electrons. The number of ether oxygens (including phenoxy) is 1. The number of amides is 1.